The van der Waals surface area contributed by atoms with Gasteiger partial charge >= 0.3 is 0 Å². The molecule has 1 heterocycles. The van der Waals surface area contributed by atoms with E-state index in [1.165, 1.54) is 6.07 Å². The second kappa shape index (κ2) is 2.55. The van der Waals surface area contributed by atoms with E-state index in [2.05, 4.69) is 26.1 Å². The zero-order valence-electron chi connectivity index (χ0n) is 6.36. The van der Waals surface area contributed by atoms with Crippen LogP contribution in [0.1, 0.15) is 5.69 Å². The van der Waals surface area contributed by atoms with Crippen molar-refractivity contribution in [1.29, 1.82) is 0 Å². The number of halogens is 2. The monoisotopic (exact) mass is 228 g/mol. The predicted molar refractivity (Wildman–Crippen MR) is 48.5 cm³/mol. The minimum Gasteiger partial charge on any atom is -0.282 e. The van der Waals surface area contributed by atoms with Crippen LogP contribution in [-0.2, 0) is 0 Å². The molecule has 0 unspecified atom stereocenters. The Bertz CT molecular complexity index is 436. The number of rotatable bonds is 0. The smallest absolute Gasteiger partial charge is 0.139 e. The van der Waals surface area contributed by atoms with Crippen LogP contribution in [0.5, 0.6) is 0 Å². The highest BCUT2D eigenvalue weighted by atomic mass is 79.9. The van der Waals surface area contributed by atoms with Crippen LogP contribution in [-0.4, -0.2) is 10.2 Å². The van der Waals surface area contributed by atoms with Crippen LogP contribution >= 0.6 is 15.9 Å². The van der Waals surface area contributed by atoms with E-state index in [1.807, 2.05) is 6.92 Å². The van der Waals surface area contributed by atoms with Crippen LogP contribution < -0.4 is 0 Å². The van der Waals surface area contributed by atoms with E-state index < -0.39 is 0 Å². The van der Waals surface area contributed by atoms with Crippen molar-refractivity contribution in [3.05, 3.63) is 28.1 Å². The fourth-order valence-electron chi connectivity index (χ4n) is 1.15. The summed E-state index contributed by atoms with van der Waals surface area (Å²) in [5, 5.41) is 7.71. The van der Waals surface area contributed by atoms with Crippen LogP contribution in [0, 0.1) is 12.7 Å². The molecule has 1 aromatic heterocycles. The van der Waals surface area contributed by atoms with E-state index in [9.17, 15) is 4.39 Å². The number of aromatic nitrogens is 2. The normalized spacial score (nSPS) is 10.9. The topological polar surface area (TPSA) is 28.7 Å². The van der Waals surface area contributed by atoms with Crippen LogP contribution in [0.25, 0.3) is 10.9 Å². The summed E-state index contributed by atoms with van der Waals surface area (Å²) in [6.45, 7) is 1.90. The van der Waals surface area contributed by atoms with Crippen molar-refractivity contribution in [1.82, 2.24) is 10.2 Å². The van der Waals surface area contributed by atoms with Crippen LogP contribution in [0.15, 0.2) is 16.6 Å². The first-order valence-electron chi connectivity index (χ1n) is 3.49. The number of aromatic amines is 1. The number of nitrogens with one attached hydrogen (secondary N) is 1. The maximum absolute atomic E-state index is 13.0. The van der Waals surface area contributed by atoms with Gasteiger partial charge in [0.1, 0.15) is 11.3 Å². The Morgan fingerprint density at radius 2 is 2.25 bits per heavy atom. The average Bonchev–Trinajstić information content (AvgIpc) is 2.41. The van der Waals surface area contributed by atoms with E-state index in [-0.39, 0.29) is 5.82 Å². The Balaban J connectivity index is 2.93. The lowest BCUT2D eigenvalue weighted by Crippen LogP contribution is -1.78. The largest absolute Gasteiger partial charge is 0.282 e. The van der Waals surface area contributed by atoms with Crippen molar-refractivity contribution < 1.29 is 4.39 Å². The minimum atomic E-state index is -0.283. The molecular weight excluding hydrogens is 223 g/mol. The molecule has 2 rings (SSSR count). The van der Waals surface area contributed by atoms with Gasteiger partial charge in [0.2, 0.25) is 0 Å². The predicted octanol–water partition coefficient (Wildman–Crippen LogP) is 2.77. The van der Waals surface area contributed by atoms with Gasteiger partial charge in [0, 0.05) is 11.1 Å². The number of aryl methyl sites for hydroxylation is 1. The molecule has 0 aliphatic rings. The molecule has 1 N–H and O–H groups in total. The third kappa shape index (κ3) is 0.948. The molecule has 0 amide bonds. The lowest BCUT2D eigenvalue weighted by molar-refractivity contribution is 0.623. The summed E-state index contributed by atoms with van der Waals surface area (Å²) >= 11 is 3.14. The summed E-state index contributed by atoms with van der Waals surface area (Å²) in [5.74, 6) is -0.283. The Morgan fingerprint density at radius 3 is 3.00 bits per heavy atom. The van der Waals surface area contributed by atoms with Crippen LogP contribution in [0.3, 0.4) is 0 Å². The number of fused-ring (bicyclic) bond motifs is 1. The first kappa shape index (κ1) is 7.73. The summed E-state index contributed by atoms with van der Waals surface area (Å²) in [7, 11) is 0. The highest BCUT2D eigenvalue weighted by molar-refractivity contribution is 9.10. The molecule has 12 heavy (non-hydrogen) atoms. The molecule has 2 aromatic rings. The van der Waals surface area contributed by atoms with Gasteiger partial charge in [-0.2, -0.15) is 5.10 Å². The summed E-state index contributed by atoms with van der Waals surface area (Å²) < 4.78 is 13.4. The van der Waals surface area contributed by atoms with Gasteiger partial charge in [0.25, 0.3) is 0 Å². The quantitative estimate of drug-likeness (QED) is 0.739. The lowest BCUT2D eigenvalue weighted by atomic mass is 10.2. The highest BCUT2D eigenvalue weighted by Gasteiger charge is 2.08. The van der Waals surface area contributed by atoms with Gasteiger partial charge < -0.3 is 0 Å². The average molecular weight is 229 g/mol. The molecular formula is C8H6BrFN2. The van der Waals surface area contributed by atoms with Crippen LogP contribution in [0.4, 0.5) is 4.39 Å². The molecule has 0 aliphatic heterocycles. The third-order valence-corrected chi connectivity index (χ3v) is 2.56. The van der Waals surface area contributed by atoms with Crippen molar-refractivity contribution in [2.24, 2.45) is 0 Å². The molecule has 1 aromatic carbocycles. The zero-order valence-corrected chi connectivity index (χ0v) is 7.94. The standard InChI is InChI=1S/C8H6BrFN2/c1-4-5-2-3-6(10)7(9)8(5)12-11-4/h2-3H,1H3,(H,11,12). The minimum absolute atomic E-state index is 0.283. The fourth-order valence-corrected chi connectivity index (χ4v) is 1.59. The van der Waals surface area contributed by atoms with Gasteiger partial charge in [0.05, 0.1) is 4.47 Å². The Hall–Kier alpha value is -0.900. The fraction of sp³-hybridized carbons (Fsp3) is 0.125. The number of hydrogen-bond acceptors (Lipinski definition) is 1. The number of benzene rings is 1. The molecule has 0 spiro atoms. The molecule has 0 atom stereocenters. The molecule has 0 aliphatic carbocycles. The maximum atomic E-state index is 13.0. The van der Waals surface area contributed by atoms with Gasteiger partial charge in [-0.25, -0.2) is 4.39 Å². The molecule has 62 valence electrons. The summed E-state index contributed by atoms with van der Waals surface area (Å²) in [4.78, 5) is 0. The Labute approximate surface area is 76.9 Å². The second-order valence-electron chi connectivity index (χ2n) is 2.61. The van der Waals surface area contributed by atoms with Crippen molar-refractivity contribution in [2.75, 3.05) is 0 Å². The lowest BCUT2D eigenvalue weighted by Gasteiger charge is -1.93. The maximum Gasteiger partial charge on any atom is 0.139 e. The van der Waals surface area contributed by atoms with Gasteiger partial charge in [-0.15, -0.1) is 0 Å². The van der Waals surface area contributed by atoms with E-state index in [0.717, 1.165) is 11.1 Å². The summed E-state index contributed by atoms with van der Waals surface area (Å²) in [5.41, 5.74) is 1.60. The third-order valence-electron chi connectivity index (χ3n) is 1.81. The number of nitrogens with zero attached hydrogens (tertiary/aromatic N) is 1. The van der Waals surface area contributed by atoms with Crippen LogP contribution in [0.2, 0.25) is 0 Å². The summed E-state index contributed by atoms with van der Waals surface area (Å²) in [6, 6.07) is 3.14. The molecule has 0 saturated carbocycles. The molecule has 4 heteroatoms. The molecule has 0 bridgehead atoms. The van der Waals surface area contributed by atoms with E-state index in [1.54, 1.807) is 6.07 Å². The number of hydrogen-bond donors (Lipinski definition) is 1. The molecule has 0 fully saturated rings. The van der Waals surface area contributed by atoms with Gasteiger partial charge in [-0.1, -0.05) is 0 Å². The van der Waals surface area contributed by atoms with Crippen molar-refractivity contribution in [3.63, 3.8) is 0 Å². The van der Waals surface area contributed by atoms with Gasteiger partial charge in [-0.05, 0) is 35.0 Å². The van der Waals surface area contributed by atoms with Gasteiger partial charge in [-0.3, -0.25) is 5.10 Å². The summed E-state index contributed by atoms with van der Waals surface area (Å²) in [6.07, 6.45) is 0. The Kier molecular flexibility index (Phi) is 1.65. The SMILES string of the molecule is Cc1[nH]nc2c(Br)c(F)ccc12. The van der Waals surface area contributed by atoms with Crippen molar-refractivity contribution in [2.45, 2.75) is 6.92 Å². The number of H-pyrrole nitrogens is 1. The van der Waals surface area contributed by atoms with E-state index in [0.29, 0.717) is 9.99 Å². The zero-order chi connectivity index (χ0) is 8.72. The van der Waals surface area contributed by atoms with Gasteiger partial charge in [0.15, 0.2) is 0 Å². The molecule has 0 radical (unpaired) electrons. The molecule has 2 nitrogen and oxygen atoms in total. The van der Waals surface area contributed by atoms with E-state index >= 15 is 0 Å². The van der Waals surface area contributed by atoms with Crippen molar-refractivity contribution >= 4 is 26.8 Å². The molecule has 0 saturated heterocycles. The first-order valence-corrected chi connectivity index (χ1v) is 4.28. The highest BCUT2D eigenvalue weighted by Crippen LogP contribution is 2.26. The van der Waals surface area contributed by atoms with Crippen molar-refractivity contribution in [3.8, 4) is 0 Å². The Morgan fingerprint density at radius 1 is 1.50 bits per heavy atom. The first-order chi connectivity index (χ1) is 5.70. The second-order valence-corrected chi connectivity index (χ2v) is 3.40. The van der Waals surface area contributed by atoms with E-state index in [4.69, 9.17) is 0 Å².